The number of carbonyl (C=O) groups is 8. The zero-order valence-corrected chi connectivity index (χ0v) is 16.7. The van der Waals surface area contributed by atoms with Crippen molar-refractivity contribution in [1.29, 1.82) is 0 Å². The van der Waals surface area contributed by atoms with Crippen LogP contribution in [-0.4, -0.2) is 78.4 Å². The van der Waals surface area contributed by atoms with Gasteiger partial charge in [0.2, 0.25) is 0 Å². The fraction of sp³-hybridized carbons (Fsp3) is 0.111. The third-order valence-corrected chi connectivity index (χ3v) is 2.27. The Morgan fingerprint density at radius 3 is 1.30 bits per heavy atom. The topological polar surface area (TPSA) is 267 Å². The summed E-state index contributed by atoms with van der Waals surface area (Å²) in [5.41, 5.74) is -0.481. The summed E-state index contributed by atoms with van der Waals surface area (Å²) in [7, 11) is 0. The average Bonchev–Trinajstić information content (AvgIpc) is 3.03. The van der Waals surface area contributed by atoms with Gasteiger partial charge in [0.1, 0.15) is 0 Å². The lowest BCUT2D eigenvalue weighted by Crippen LogP contribution is -2.04. The SMILES string of the molecule is C=C(CC(=O)O)C(=O)O.CC(=CC(=O)O)C(=O)O.O=C(O)C=CC(=O)O.O=C1C=CC(=O)O1. The van der Waals surface area contributed by atoms with Crippen LogP contribution >= 0.6 is 0 Å². The number of carboxylic acid groups (broad SMARTS) is 6. The molecule has 0 aliphatic carbocycles. The van der Waals surface area contributed by atoms with E-state index in [1.807, 2.05) is 0 Å². The van der Waals surface area contributed by atoms with Gasteiger partial charge in [-0.2, -0.15) is 0 Å². The minimum atomic E-state index is -1.27. The highest BCUT2D eigenvalue weighted by Gasteiger charge is 2.10. The fourth-order valence-corrected chi connectivity index (χ4v) is 0.951. The normalized spacial score (nSPS) is 11.4. The molecule has 1 rings (SSSR count). The van der Waals surface area contributed by atoms with E-state index in [4.69, 9.17) is 30.6 Å². The largest absolute Gasteiger partial charge is 0.481 e. The molecule has 0 aromatic heterocycles. The quantitative estimate of drug-likeness (QED) is 0.155. The van der Waals surface area contributed by atoms with Crippen LogP contribution in [-0.2, 0) is 43.1 Å². The molecule has 0 aromatic carbocycles. The molecule has 15 heteroatoms. The summed E-state index contributed by atoms with van der Waals surface area (Å²) >= 11 is 0. The summed E-state index contributed by atoms with van der Waals surface area (Å²) in [6.45, 7) is 4.23. The van der Waals surface area contributed by atoms with Gasteiger partial charge in [-0.3, -0.25) is 4.79 Å². The van der Waals surface area contributed by atoms with Gasteiger partial charge >= 0.3 is 47.8 Å². The molecule has 1 aliphatic heterocycles. The Hall–Kier alpha value is -5.08. The van der Waals surface area contributed by atoms with Crippen LogP contribution in [0.1, 0.15) is 13.3 Å². The maximum atomic E-state index is 9.92. The lowest BCUT2D eigenvalue weighted by Gasteiger charge is -1.91. The van der Waals surface area contributed by atoms with Gasteiger partial charge in [-0.1, -0.05) is 6.58 Å². The van der Waals surface area contributed by atoms with Crippen LogP contribution in [0, 0.1) is 0 Å². The number of rotatable bonds is 7. The molecule has 1 aliphatic rings. The van der Waals surface area contributed by atoms with Crippen molar-refractivity contribution < 1.29 is 73.7 Å². The molecule has 1 heterocycles. The predicted molar refractivity (Wildman–Crippen MR) is 103 cm³/mol. The number of hydrogen-bond acceptors (Lipinski definition) is 9. The van der Waals surface area contributed by atoms with Crippen molar-refractivity contribution in [3.63, 3.8) is 0 Å². The van der Waals surface area contributed by atoms with E-state index < -0.39 is 54.2 Å². The number of aliphatic carboxylic acids is 6. The zero-order chi connectivity index (χ0) is 26.7. The van der Waals surface area contributed by atoms with Crippen LogP contribution in [0.4, 0.5) is 0 Å². The van der Waals surface area contributed by atoms with E-state index in [2.05, 4.69) is 11.3 Å². The van der Waals surface area contributed by atoms with Crippen LogP contribution in [0.3, 0.4) is 0 Å². The summed E-state index contributed by atoms with van der Waals surface area (Å²) in [5, 5.41) is 47.8. The Kier molecular flexibility index (Phi) is 17.5. The first-order valence-corrected chi connectivity index (χ1v) is 7.84. The van der Waals surface area contributed by atoms with Gasteiger partial charge in [-0.15, -0.1) is 0 Å². The number of esters is 2. The van der Waals surface area contributed by atoms with Crippen molar-refractivity contribution in [3.8, 4) is 0 Å². The molecule has 15 nitrogen and oxygen atoms in total. The Morgan fingerprint density at radius 2 is 1.18 bits per heavy atom. The molecule has 0 bridgehead atoms. The molecule has 0 fully saturated rings. The van der Waals surface area contributed by atoms with Crippen LogP contribution in [0.5, 0.6) is 0 Å². The minimum absolute atomic E-state index is 0.178. The third-order valence-electron chi connectivity index (χ3n) is 2.27. The van der Waals surface area contributed by atoms with Crippen LogP contribution in [0.15, 0.2) is 48.1 Å². The van der Waals surface area contributed by atoms with Crippen LogP contribution < -0.4 is 0 Å². The fourth-order valence-electron chi connectivity index (χ4n) is 0.951. The van der Waals surface area contributed by atoms with Gasteiger partial charge in [0.25, 0.3) is 0 Å². The molecule has 180 valence electrons. The lowest BCUT2D eigenvalue weighted by molar-refractivity contribution is -0.150. The van der Waals surface area contributed by atoms with E-state index >= 15 is 0 Å². The van der Waals surface area contributed by atoms with Gasteiger partial charge in [0.15, 0.2) is 0 Å². The number of carbonyl (C=O) groups excluding carboxylic acids is 2. The van der Waals surface area contributed by atoms with E-state index in [0.717, 1.165) is 12.2 Å². The molecule has 0 saturated carbocycles. The van der Waals surface area contributed by atoms with Crippen molar-refractivity contribution in [2.45, 2.75) is 13.3 Å². The van der Waals surface area contributed by atoms with Gasteiger partial charge in [-0.25, -0.2) is 33.6 Å². The molecule has 0 radical (unpaired) electrons. The Bertz CT molecular complexity index is 870. The second-order valence-electron chi connectivity index (χ2n) is 5.03. The standard InChI is InChI=1S/2C5H6O4.C4H4O4.C4H2O3/c2*1-3(5(8)9)2-4(6)7;5-3(6)1-2-4(7)8;5-3-1-2-4(6)7-3/h2H,1H3,(H,6,7)(H,8,9);1-2H2,(H,6,7)(H,8,9);1-2H,(H,5,6)(H,7,8);1-2H. The molecule has 6 N–H and O–H groups in total. The third kappa shape index (κ3) is 26.9. The molecule has 0 unspecified atom stereocenters. The maximum Gasteiger partial charge on any atom is 0.338 e. The number of ether oxygens (including phenoxy) is 1. The van der Waals surface area contributed by atoms with Gasteiger partial charge < -0.3 is 35.4 Å². The monoisotopic (exact) mass is 474 g/mol. The van der Waals surface area contributed by atoms with E-state index in [1.165, 1.54) is 6.92 Å². The number of carboxylic acids is 6. The maximum absolute atomic E-state index is 9.92. The van der Waals surface area contributed by atoms with Crippen molar-refractivity contribution >= 4 is 47.8 Å². The Morgan fingerprint density at radius 1 is 0.788 bits per heavy atom. The lowest BCUT2D eigenvalue weighted by atomic mass is 10.2. The van der Waals surface area contributed by atoms with Crippen molar-refractivity contribution in [2.75, 3.05) is 0 Å². The molecular formula is C18H18O15. The highest BCUT2D eigenvalue weighted by molar-refractivity contribution is 6.05. The highest BCUT2D eigenvalue weighted by Crippen LogP contribution is 1.95. The molecule has 0 aromatic rings. The molecule has 33 heavy (non-hydrogen) atoms. The second kappa shape index (κ2) is 17.8. The van der Waals surface area contributed by atoms with E-state index in [-0.39, 0.29) is 11.1 Å². The molecule has 0 atom stereocenters. The van der Waals surface area contributed by atoms with Crippen LogP contribution in [0.2, 0.25) is 0 Å². The van der Waals surface area contributed by atoms with Crippen molar-refractivity contribution in [2.24, 2.45) is 0 Å². The number of hydrogen-bond donors (Lipinski definition) is 6. The molecule has 0 amide bonds. The summed E-state index contributed by atoms with van der Waals surface area (Å²) in [4.78, 5) is 78.3. The summed E-state index contributed by atoms with van der Waals surface area (Å²) in [5.74, 6) is -8.57. The van der Waals surface area contributed by atoms with Crippen molar-refractivity contribution in [3.05, 3.63) is 48.1 Å². The van der Waals surface area contributed by atoms with Gasteiger partial charge in [0, 0.05) is 41.5 Å². The summed E-state index contributed by atoms with van der Waals surface area (Å²) < 4.78 is 3.97. The molecule has 0 saturated heterocycles. The minimum Gasteiger partial charge on any atom is -0.481 e. The van der Waals surface area contributed by atoms with E-state index in [0.29, 0.717) is 18.2 Å². The second-order valence-corrected chi connectivity index (χ2v) is 5.03. The first kappa shape index (κ1) is 32.6. The highest BCUT2D eigenvalue weighted by atomic mass is 16.6. The van der Waals surface area contributed by atoms with Gasteiger partial charge in [-0.05, 0) is 6.92 Å². The summed E-state index contributed by atoms with van der Waals surface area (Å²) in [6.07, 6.45) is 3.42. The molecule has 0 spiro atoms. The zero-order valence-electron chi connectivity index (χ0n) is 16.7. The first-order valence-electron chi connectivity index (χ1n) is 7.84. The average molecular weight is 474 g/mol. The Labute approximate surface area is 183 Å². The van der Waals surface area contributed by atoms with Gasteiger partial charge in [0.05, 0.1) is 6.42 Å². The smallest absolute Gasteiger partial charge is 0.338 e. The van der Waals surface area contributed by atoms with E-state index in [9.17, 15) is 38.4 Å². The molecular weight excluding hydrogens is 456 g/mol. The Balaban J connectivity index is -0.000000365. The predicted octanol–water partition coefficient (Wildman–Crippen LogP) is -0.458. The van der Waals surface area contributed by atoms with Crippen molar-refractivity contribution in [1.82, 2.24) is 0 Å². The number of cyclic esters (lactones) is 2. The van der Waals surface area contributed by atoms with E-state index in [1.54, 1.807) is 0 Å². The van der Waals surface area contributed by atoms with Crippen LogP contribution in [0.25, 0.3) is 0 Å². The summed E-state index contributed by atoms with van der Waals surface area (Å²) in [6, 6.07) is 0. The first-order chi connectivity index (χ1) is 15.0.